The normalized spacial score (nSPS) is 10.4. The third-order valence-corrected chi connectivity index (χ3v) is 4.49. The number of amides is 1. The van der Waals surface area contributed by atoms with Crippen LogP contribution in [-0.4, -0.2) is 16.7 Å². The van der Waals surface area contributed by atoms with Crippen molar-refractivity contribution in [1.82, 2.24) is 4.98 Å². The average Bonchev–Trinajstić information content (AvgIpc) is 3.05. The first-order valence-corrected chi connectivity index (χ1v) is 8.43. The Morgan fingerprint density at radius 2 is 1.92 bits per heavy atom. The lowest BCUT2D eigenvalue weighted by Crippen LogP contribution is -2.14. The van der Waals surface area contributed by atoms with E-state index in [1.54, 1.807) is 41.8 Å². The summed E-state index contributed by atoms with van der Waals surface area (Å²) in [6.07, 6.45) is 0. The Labute approximate surface area is 148 Å². The van der Waals surface area contributed by atoms with Gasteiger partial charge in [-0.25, -0.2) is 4.98 Å². The highest BCUT2D eigenvalue weighted by molar-refractivity contribution is 7.13. The lowest BCUT2D eigenvalue weighted by Gasteiger charge is -2.07. The standard InChI is InChI=1S/C18H13ClN2O2S/c1-11(22)14-7-2-3-8-15(14)20-17(23)16-10-24-18(21-16)12-5-4-6-13(19)9-12/h2-10H,1H3,(H,20,23). The van der Waals surface area contributed by atoms with E-state index in [9.17, 15) is 9.59 Å². The maximum absolute atomic E-state index is 12.4. The van der Waals surface area contributed by atoms with E-state index in [1.807, 2.05) is 12.1 Å². The topological polar surface area (TPSA) is 59.1 Å². The van der Waals surface area contributed by atoms with Crippen molar-refractivity contribution in [3.05, 3.63) is 70.2 Å². The van der Waals surface area contributed by atoms with Gasteiger partial charge in [-0.05, 0) is 31.2 Å². The van der Waals surface area contributed by atoms with Gasteiger partial charge >= 0.3 is 0 Å². The van der Waals surface area contributed by atoms with E-state index in [4.69, 9.17) is 11.6 Å². The van der Waals surface area contributed by atoms with Gasteiger partial charge in [-0.2, -0.15) is 0 Å². The van der Waals surface area contributed by atoms with Gasteiger partial charge in [-0.15, -0.1) is 11.3 Å². The van der Waals surface area contributed by atoms with Crippen LogP contribution in [0.25, 0.3) is 10.6 Å². The zero-order valence-electron chi connectivity index (χ0n) is 12.7. The van der Waals surface area contributed by atoms with Crippen LogP contribution in [0.1, 0.15) is 27.8 Å². The molecule has 1 N–H and O–H groups in total. The van der Waals surface area contributed by atoms with Gasteiger partial charge in [-0.3, -0.25) is 9.59 Å². The molecule has 3 rings (SSSR count). The summed E-state index contributed by atoms with van der Waals surface area (Å²) in [7, 11) is 0. The largest absolute Gasteiger partial charge is 0.320 e. The monoisotopic (exact) mass is 356 g/mol. The molecule has 2 aromatic carbocycles. The van der Waals surface area contributed by atoms with Gasteiger partial charge < -0.3 is 5.32 Å². The molecular formula is C18H13ClN2O2S. The number of anilines is 1. The number of hydrogen-bond donors (Lipinski definition) is 1. The minimum Gasteiger partial charge on any atom is -0.320 e. The Morgan fingerprint density at radius 3 is 2.67 bits per heavy atom. The molecule has 0 spiro atoms. The smallest absolute Gasteiger partial charge is 0.275 e. The number of nitrogens with one attached hydrogen (secondary N) is 1. The number of rotatable bonds is 4. The minimum atomic E-state index is -0.353. The molecule has 0 bridgehead atoms. The predicted octanol–water partition coefficient (Wildman–Crippen LogP) is 4.92. The number of nitrogens with zero attached hydrogens (tertiary/aromatic N) is 1. The van der Waals surface area contributed by atoms with Gasteiger partial charge in [0, 0.05) is 21.5 Å². The second-order valence-electron chi connectivity index (χ2n) is 5.10. The van der Waals surface area contributed by atoms with Crippen molar-refractivity contribution < 1.29 is 9.59 Å². The maximum atomic E-state index is 12.4. The van der Waals surface area contributed by atoms with Crippen molar-refractivity contribution in [3.8, 4) is 10.6 Å². The first-order valence-electron chi connectivity index (χ1n) is 7.17. The Balaban J connectivity index is 1.83. The molecule has 0 radical (unpaired) electrons. The molecule has 0 saturated carbocycles. The highest BCUT2D eigenvalue weighted by atomic mass is 35.5. The lowest BCUT2D eigenvalue weighted by atomic mass is 10.1. The van der Waals surface area contributed by atoms with E-state index in [0.29, 0.717) is 27.0 Å². The molecule has 0 fully saturated rings. The Morgan fingerprint density at radius 1 is 1.12 bits per heavy atom. The molecule has 1 aromatic heterocycles. The second-order valence-corrected chi connectivity index (χ2v) is 6.40. The zero-order valence-corrected chi connectivity index (χ0v) is 14.3. The van der Waals surface area contributed by atoms with Gasteiger partial charge in [0.15, 0.2) is 5.78 Å². The molecule has 0 saturated heterocycles. The molecule has 4 nitrogen and oxygen atoms in total. The summed E-state index contributed by atoms with van der Waals surface area (Å²) in [6, 6.07) is 14.2. The van der Waals surface area contributed by atoms with Crippen molar-refractivity contribution in [2.24, 2.45) is 0 Å². The van der Waals surface area contributed by atoms with Crippen LogP contribution >= 0.6 is 22.9 Å². The van der Waals surface area contributed by atoms with E-state index < -0.39 is 0 Å². The van der Waals surface area contributed by atoms with E-state index in [2.05, 4.69) is 10.3 Å². The highest BCUT2D eigenvalue weighted by Gasteiger charge is 2.15. The van der Waals surface area contributed by atoms with Crippen LogP contribution in [0.15, 0.2) is 53.9 Å². The summed E-state index contributed by atoms with van der Waals surface area (Å²) in [5, 5.41) is 5.75. The van der Waals surface area contributed by atoms with Gasteiger partial charge in [0.25, 0.3) is 5.91 Å². The fourth-order valence-corrected chi connectivity index (χ4v) is 3.20. The van der Waals surface area contributed by atoms with Crippen LogP contribution in [0.4, 0.5) is 5.69 Å². The molecular weight excluding hydrogens is 344 g/mol. The summed E-state index contributed by atoms with van der Waals surface area (Å²) >= 11 is 7.35. The number of thiazole rings is 1. The highest BCUT2D eigenvalue weighted by Crippen LogP contribution is 2.26. The van der Waals surface area contributed by atoms with Gasteiger partial charge in [0.05, 0.1) is 5.69 Å². The summed E-state index contributed by atoms with van der Waals surface area (Å²) in [5.74, 6) is -0.461. The molecule has 3 aromatic rings. The molecule has 0 aliphatic heterocycles. The molecule has 6 heteroatoms. The zero-order chi connectivity index (χ0) is 17.1. The number of benzene rings is 2. The van der Waals surface area contributed by atoms with Crippen molar-refractivity contribution in [1.29, 1.82) is 0 Å². The summed E-state index contributed by atoms with van der Waals surface area (Å²) in [4.78, 5) is 28.4. The maximum Gasteiger partial charge on any atom is 0.275 e. The number of carbonyl (C=O) groups excluding carboxylic acids is 2. The molecule has 0 aliphatic carbocycles. The lowest BCUT2D eigenvalue weighted by molar-refractivity contribution is 0.101. The summed E-state index contributed by atoms with van der Waals surface area (Å²) < 4.78 is 0. The molecule has 0 aliphatic rings. The molecule has 1 amide bonds. The van der Waals surface area contributed by atoms with Crippen LogP contribution in [0.2, 0.25) is 5.02 Å². The SMILES string of the molecule is CC(=O)c1ccccc1NC(=O)c1csc(-c2cccc(Cl)c2)n1. The fourth-order valence-electron chi connectivity index (χ4n) is 2.22. The number of carbonyl (C=O) groups is 2. The number of halogens is 1. The van der Waals surface area contributed by atoms with Crippen molar-refractivity contribution in [2.75, 3.05) is 5.32 Å². The number of ketones is 1. The van der Waals surface area contributed by atoms with Gasteiger partial charge in [-0.1, -0.05) is 35.9 Å². The van der Waals surface area contributed by atoms with Crippen LogP contribution in [0.3, 0.4) is 0 Å². The third kappa shape index (κ3) is 3.53. The molecule has 0 atom stereocenters. The third-order valence-electron chi connectivity index (χ3n) is 3.36. The van der Waals surface area contributed by atoms with E-state index in [0.717, 1.165) is 5.56 Å². The first kappa shape index (κ1) is 16.4. The number of aromatic nitrogens is 1. The van der Waals surface area contributed by atoms with Gasteiger partial charge in [0.1, 0.15) is 10.7 Å². The van der Waals surface area contributed by atoms with Crippen molar-refractivity contribution in [2.45, 2.75) is 6.92 Å². The number of hydrogen-bond acceptors (Lipinski definition) is 4. The average molecular weight is 357 g/mol. The summed E-state index contributed by atoms with van der Waals surface area (Å²) in [5.41, 5.74) is 2.10. The molecule has 120 valence electrons. The Kier molecular flexibility index (Phi) is 4.74. The van der Waals surface area contributed by atoms with Crippen molar-refractivity contribution in [3.63, 3.8) is 0 Å². The Hall–Kier alpha value is -2.50. The Bertz CT molecular complexity index is 921. The van der Waals surface area contributed by atoms with E-state index >= 15 is 0 Å². The van der Waals surface area contributed by atoms with Gasteiger partial charge in [0.2, 0.25) is 0 Å². The van der Waals surface area contributed by atoms with Crippen molar-refractivity contribution >= 4 is 40.3 Å². The number of para-hydroxylation sites is 1. The molecule has 24 heavy (non-hydrogen) atoms. The van der Waals surface area contributed by atoms with Crippen LogP contribution in [0.5, 0.6) is 0 Å². The summed E-state index contributed by atoms with van der Waals surface area (Å²) in [6.45, 7) is 1.46. The van der Waals surface area contributed by atoms with E-state index in [1.165, 1.54) is 18.3 Å². The van der Waals surface area contributed by atoms with E-state index in [-0.39, 0.29) is 11.7 Å². The first-order chi connectivity index (χ1) is 11.5. The minimum absolute atomic E-state index is 0.108. The predicted molar refractivity (Wildman–Crippen MR) is 97.0 cm³/mol. The quantitative estimate of drug-likeness (QED) is 0.675. The fraction of sp³-hybridized carbons (Fsp3) is 0.0556. The van der Waals surface area contributed by atoms with Crippen LogP contribution < -0.4 is 5.32 Å². The van der Waals surface area contributed by atoms with Crippen LogP contribution in [0, 0.1) is 0 Å². The second kappa shape index (κ2) is 6.95. The molecule has 0 unspecified atom stereocenters. The van der Waals surface area contributed by atoms with Crippen LogP contribution in [-0.2, 0) is 0 Å². The molecule has 1 heterocycles. The number of Topliss-reactive ketones (excluding diaryl/α,β-unsaturated/α-hetero) is 1.